The normalized spacial score (nSPS) is 12.8. The van der Waals surface area contributed by atoms with E-state index < -0.39 is 0 Å². The zero-order valence-electron chi connectivity index (χ0n) is 11.6. The maximum atomic E-state index is 12.1. The molecule has 106 valence electrons. The number of carbonyl (C=O) groups is 1. The van der Waals surface area contributed by atoms with Crippen LogP contribution in [0.5, 0.6) is 11.5 Å². The average Bonchev–Trinajstić information content (AvgIpc) is 2.94. The van der Waals surface area contributed by atoms with Gasteiger partial charge < -0.3 is 9.47 Å². The summed E-state index contributed by atoms with van der Waals surface area (Å²) in [6.07, 6.45) is 7.31. The van der Waals surface area contributed by atoms with Crippen LogP contribution in [0, 0.1) is 0 Å². The lowest BCUT2D eigenvalue weighted by Gasteiger charge is -2.04. The Labute approximate surface area is 127 Å². The first-order chi connectivity index (χ1) is 9.67. The van der Waals surface area contributed by atoms with Gasteiger partial charge in [-0.2, -0.15) is 0 Å². The van der Waals surface area contributed by atoms with Crippen LogP contribution in [0.3, 0.4) is 0 Å². The van der Waals surface area contributed by atoms with Crippen LogP contribution >= 0.6 is 23.5 Å². The molecule has 1 aromatic carbocycles. The van der Waals surface area contributed by atoms with Crippen LogP contribution in [-0.2, 0) is 4.79 Å². The van der Waals surface area contributed by atoms with Gasteiger partial charge in [-0.3, -0.25) is 4.79 Å². The molecule has 1 heterocycles. The molecule has 0 spiro atoms. The van der Waals surface area contributed by atoms with Crippen molar-refractivity contribution < 1.29 is 14.3 Å². The molecule has 1 aliphatic rings. The van der Waals surface area contributed by atoms with Gasteiger partial charge >= 0.3 is 0 Å². The topological polar surface area (TPSA) is 35.5 Å². The van der Waals surface area contributed by atoms with E-state index in [0.29, 0.717) is 5.75 Å². The molecule has 20 heavy (non-hydrogen) atoms. The van der Waals surface area contributed by atoms with Gasteiger partial charge in [-0.25, -0.2) is 0 Å². The molecule has 0 amide bonds. The Morgan fingerprint density at radius 1 is 1.25 bits per heavy atom. The first-order valence-electron chi connectivity index (χ1n) is 6.07. The summed E-state index contributed by atoms with van der Waals surface area (Å²) in [5.74, 6) is 1.44. The van der Waals surface area contributed by atoms with Gasteiger partial charge in [0.05, 0.1) is 0 Å². The smallest absolute Gasteiger partial charge is 0.231 e. The molecule has 0 bridgehead atoms. The number of carbonyl (C=O) groups excluding carboxylic acids is 1. The number of ether oxygens (including phenoxy) is 2. The highest BCUT2D eigenvalue weighted by Crippen LogP contribution is 2.36. The van der Waals surface area contributed by atoms with Crippen LogP contribution in [0.2, 0.25) is 0 Å². The highest BCUT2D eigenvalue weighted by Gasteiger charge is 2.15. The highest BCUT2D eigenvalue weighted by molar-refractivity contribution is 8.21. The van der Waals surface area contributed by atoms with E-state index in [4.69, 9.17) is 9.47 Å². The van der Waals surface area contributed by atoms with Gasteiger partial charge in [0.2, 0.25) is 6.79 Å². The summed E-state index contributed by atoms with van der Waals surface area (Å²) in [5.41, 5.74) is 1.63. The summed E-state index contributed by atoms with van der Waals surface area (Å²) < 4.78 is 11.8. The van der Waals surface area contributed by atoms with Crippen LogP contribution in [0.1, 0.15) is 12.5 Å². The third-order valence-electron chi connectivity index (χ3n) is 2.89. The first kappa shape index (κ1) is 15.1. The lowest BCUT2D eigenvalue weighted by Crippen LogP contribution is -1.96. The Bertz CT molecular complexity index is 570. The van der Waals surface area contributed by atoms with E-state index in [1.54, 1.807) is 35.7 Å². The van der Waals surface area contributed by atoms with E-state index in [0.717, 1.165) is 21.1 Å². The van der Waals surface area contributed by atoms with E-state index in [1.807, 2.05) is 37.6 Å². The molecule has 0 unspecified atom stereocenters. The molecule has 0 saturated heterocycles. The minimum atomic E-state index is 0.0141. The Kier molecular flexibility index (Phi) is 5.20. The number of rotatable bonds is 5. The van der Waals surface area contributed by atoms with Gasteiger partial charge in [0, 0.05) is 15.4 Å². The summed E-state index contributed by atoms with van der Waals surface area (Å²) in [6.45, 7) is 2.08. The Morgan fingerprint density at radius 3 is 2.70 bits per heavy atom. The maximum Gasteiger partial charge on any atom is 0.231 e. The third kappa shape index (κ3) is 3.22. The van der Waals surface area contributed by atoms with E-state index >= 15 is 0 Å². The molecule has 0 radical (unpaired) electrons. The molecule has 0 saturated carbocycles. The summed E-state index contributed by atoms with van der Waals surface area (Å²) in [5, 5.41) is 0. The predicted molar refractivity (Wildman–Crippen MR) is 86.3 cm³/mol. The van der Waals surface area contributed by atoms with Gasteiger partial charge in [0.1, 0.15) is 0 Å². The molecule has 3 nitrogen and oxygen atoms in total. The molecule has 5 heteroatoms. The van der Waals surface area contributed by atoms with Gasteiger partial charge in [-0.15, -0.1) is 23.5 Å². The summed E-state index contributed by atoms with van der Waals surface area (Å²) in [4.78, 5) is 12.1. The van der Waals surface area contributed by atoms with Crippen LogP contribution in [0.4, 0.5) is 0 Å². The number of allylic oxidation sites excluding steroid dienone is 2. The fourth-order valence-corrected chi connectivity index (χ4v) is 3.34. The predicted octanol–water partition coefficient (Wildman–Crippen LogP) is 3.96. The van der Waals surface area contributed by atoms with E-state index in [1.165, 1.54) is 0 Å². The number of benzene rings is 1. The second kappa shape index (κ2) is 6.90. The van der Waals surface area contributed by atoms with Gasteiger partial charge in [0.15, 0.2) is 17.3 Å². The average molecular weight is 308 g/mol. The summed E-state index contributed by atoms with van der Waals surface area (Å²) in [6, 6.07) is 5.64. The number of ketones is 1. The van der Waals surface area contributed by atoms with Gasteiger partial charge in [-0.05, 0) is 37.7 Å². The van der Waals surface area contributed by atoms with Crippen molar-refractivity contribution in [3.63, 3.8) is 0 Å². The summed E-state index contributed by atoms with van der Waals surface area (Å²) in [7, 11) is 0. The molecule has 1 aromatic rings. The fourth-order valence-electron chi connectivity index (χ4n) is 1.86. The van der Waals surface area contributed by atoms with Crippen LogP contribution in [-0.4, -0.2) is 25.1 Å². The van der Waals surface area contributed by atoms with Crippen LogP contribution in [0.25, 0.3) is 6.08 Å². The van der Waals surface area contributed by atoms with E-state index in [2.05, 4.69) is 0 Å². The largest absolute Gasteiger partial charge is 0.454 e. The Hall–Kier alpha value is -1.33. The second-order valence-corrected chi connectivity index (χ2v) is 5.99. The number of para-hydroxylation sites is 1. The van der Waals surface area contributed by atoms with Crippen molar-refractivity contribution in [1.82, 2.24) is 0 Å². The van der Waals surface area contributed by atoms with Gasteiger partial charge in [0.25, 0.3) is 0 Å². The SMILES string of the molecule is CSC(SC)=C(C)C(=O)/C=C/c1cccc2c1OCO2. The lowest BCUT2D eigenvalue weighted by molar-refractivity contribution is -0.111. The quantitative estimate of drug-likeness (QED) is 0.770. The number of fused-ring (bicyclic) bond motifs is 1. The monoisotopic (exact) mass is 308 g/mol. The van der Waals surface area contributed by atoms with Gasteiger partial charge in [-0.1, -0.05) is 12.1 Å². The molecule has 0 atom stereocenters. The molecule has 1 aliphatic heterocycles. The Morgan fingerprint density at radius 2 is 2.00 bits per heavy atom. The van der Waals surface area contributed by atoms with Crippen molar-refractivity contribution in [1.29, 1.82) is 0 Å². The zero-order chi connectivity index (χ0) is 14.5. The number of hydrogen-bond donors (Lipinski definition) is 0. The summed E-state index contributed by atoms with van der Waals surface area (Å²) >= 11 is 3.18. The third-order valence-corrected chi connectivity index (χ3v) is 5.24. The minimum Gasteiger partial charge on any atom is -0.454 e. The lowest BCUT2D eigenvalue weighted by atomic mass is 10.1. The van der Waals surface area contributed by atoms with Crippen molar-refractivity contribution >= 4 is 35.4 Å². The molecule has 2 rings (SSSR count). The number of thioether (sulfide) groups is 2. The van der Waals surface area contributed by atoms with Crippen molar-refractivity contribution in [3.05, 3.63) is 39.6 Å². The fraction of sp³-hybridized carbons (Fsp3) is 0.267. The van der Waals surface area contributed by atoms with Crippen molar-refractivity contribution in [3.8, 4) is 11.5 Å². The molecule has 0 aromatic heterocycles. The Balaban J connectivity index is 2.20. The van der Waals surface area contributed by atoms with E-state index in [9.17, 15) is 4.79 Å². The molecule has 0 N–H and O–H groups in total. The number of hydrogen-bond acceptors (Lipinski definition) is 5. The zero-order valence-corrected chi connectivity index (χ0v) is 13.3. The molecular formula is C15H16O3S2. The molecular weight excluding hydrogens is 292 g/mol. The van der Waals surface area contributed by atoms with E-state index in [-0.39, 0.29) is 12.6 Å². The molecule has 0 aliphatic carbocycles. The molecule has 0 fully saturated rings. The van der Waals surface area contributed by atoms with Crippen LogP contribution in [0.15, 0.2) is 34.1 Å². The highest BCUT2D eigenvalue weighted by atomic mass is 32.2. The minimum absolute atomic E-state index is 0.0141. The van der Waals surface area contributed by atoms with Crippen molar-refractivity contribution in [2.45, 2.75) is 6.92 Å². The van der Waals surface area contributed by atoms with Crippen molar-refractivity contribution in [2.75, 3.05) is 19.3 Å². The second-order valence-electron chi connectivity index (χ2n) is 4.10. The van der Waals surface area contributed by atoms with Crippen LogP contribution < -0.4 is 9.47 Å². The first-order valence-corrected chi connectivity index (χ1v) is 8.52. The standard InChI is InChI=1S/C15H16O3S2/c1-10(15(19-2)20-3)12(16)8-7-11-5-4-6-13-14(11)18-9-17-13/h4-8H,9H2,1-3H3/b8-7+. The maximum absolute atomic E-state index is 12.1. The van der Waals surface area contributed by atoms with Crippen molar-refractivity contribution in [2.24, 2.45) is 0 Å².